The van der Waals surface area contributed by atoms with Gasteiger partial charge in [-0.05, 0) is 38.1 Å². The molecule has 2 fully saturated rings. The summed E-state index contributed by atoms with van der Waals surface area (Å²) in [5, 5.41) is 7.47. The zero-order valence-corrected chi connectivity index (χ0v) is 8.91. The van der Waals surface area contributed by atoms with Crippen LogP contribution in [0.2, 0.25) is 0 Å². The molecule has 1 saturated carbocycles. The fraction of sp³-hybridized carbons (Fsp3) is 0.818. The third kappa shape index (κ3) is 2.20. The molecule has 4 heteroatoms. The van der Waals surface area contributed by atoms with E-state index in [2.05, 4.69) is 15.5 Å². The zero-order valence-electron chi connectivity index (χ0n) is 8.91. The van der Waals surface area contributed by atoms with E-state index in [1.54, 1.807) is 0 Å². The van der Waals surface area contributed by atoms with Crippen LogP contribution in [0.5, 0.6) is 0 Å². The van der Waals surface area contributed by atoms with Crippen LogP contribution in [0.3, 0.4) is 0 Å². The van der Waals surface area contributed by atoms with Crippen molar-refractivity contribution in [3.63, 3.8) is 0 Å². The largest absolute Gasteiger partial charge is 0.338 e. The summed E-state index contributed by atoms with van der Waals surface area (Å²) in [4.78, 5) is 4.47. The highest BCUT2D eigenvalue weighted by Gasteiger charge is 2.26. The van der Waals surface area contributed by atoms with E-state index in [9.17, 15) is 0 Å². The fourth-order valence-corrected chi connectivity index (χ4v) is 2.13. The van der Waals surface area contributed by atoms with Crippen molar-refractivity contribution >= 4 is 0 Å². The molecule has 0 unspecified atom stereocenters. The Morgan fingerprint density at radius 2 is 2.20 bits per heavy atom. The van der Waals surface area contributed by atoms with Crippen LogP contribution in [-0.2, 0) is 6.42 Å². The molecule has 0 radical (unpaired) electrons. The molecule has 3 rings (SSSR count). The Kier molecular flexibility index (Phi) is 2.44. The predicted octanol–water partition coefficient (Wildman–Crippen LogP) is 1.84. The molecular formula is C11H17N3O. The van der Waals surface area contributed by atoms with Gasteiger partial charge in [0.15, 0.2) is 5.82 Å². The molecular weight excluding hydrogens is 190 g/mol. The molecule has 0 bridgehead atoms. The first-order valence-corrected chi connectivity index (χ1v) is 5.97. The Bertz CT molecular complexity index is 326. The van der Waals surface area contributed by atoms with Crippen LogP contribution in [0.4, 0.5) is 0 Å². The van der Waals surface area contributed by atoms with E-state index in [-0.39, 0.29) is 0 Å². The molecule has 1 aliphatic heterocycles. The minimum atomic E-state index is 0.305. The van der Waals surface area contributed by atoms with Gasteiger partial charge in [-0.3, -0.25) is 0 Å². The number of hydrogen-bond acceptors (Lipinski definition) is 4. The van der Waals surface area contributed by atoms with E-state index >= 15 is 0 Å². The molecule has 1 saturated heterocycles. The quantitative estimate of drug-likeness (QED) is 0.821. The second-order valence-electron chi connectivity index (χ2n) is 4.70. The van der Waals surface area contributed by atoms with Crippen molar-refractivity contribution in [1.82, 2.24) is 15.5 Å². The number of nitrogens with one attached hydrogen (secondary N) is 1. The highest BCUT2D eigenvalue weighted by Crippen LogP contribution is 2.32. The van der Waals surface area contributed by atoms with Gasteiger partial charge in [0.2, 0.25) is 5.89 Å². The number of aromatic nitrogens is 2. The molecule has 1 atom stereocenters. The summed E-state index contributed by atoms with van der Waals surface area (Å²) in [5.74, 6) is 2.53. The van der Waals surface area contributed by atoms with Gasteiger partial charge in [-0.1, -0.05) is 11.6 Å². The summed E-state index contributed by atoms with van der Waals surface area (Å²) in [5.41, 5.74) is 0. The van der Waals surface area contributed by atoms with E-state index in [0.717, 1.165) is 37.0 Å². The zero-order chi connectivity index (χ0) is 10.1. The minimum absolute atomic E-state index is 0.305. The number of piperidine rings is 1. The van der Waals surface area contributed by atoms with Gasteiger partial charge in [0, 0.05) is 6.42 Å². The molecule has 15 heavy (non-hydrogen) atoms. The van der Waals surface area contributed by atoms with Crippen LogP contribution in [0.1, 0.15) is 49.9 Å². The summed E-state index contributed by atoms with van der Waals surface area (Å²) in [7, 11) is 0. The minimum Gasteiger partial charge on any atom is -0.338 e. The summed E-state index contributed by atoms with van der Waals surface area (Å²) in [6.45, 7) is 1.07. The SMILES string of the molecule is C1CC[C@@H](c2nc(CC3CC3)no2)NC1. The molecule has 82 valence electrons. The lowest BCUT2D eigenvalue weighted by Crippen LogP contribution is -2.27. The number of hydrogen-bond donors (Lipinski definition) is 1. The van der Waals surface area contributed by atoms with E-state index in [0.29, 0.717) is 6.04 Å². The summed E-state index contributed by atoms with van der Waals surface area (Å²) >= 11 is 0. The molecule has 1 N–H and O–H groups in total. The Balaban J connectivity index is 1.65. The number of nitrogens with zero attached hydrogens (tertiary/aromatic N) is 2. The highest BCUT2D eigenvalue weighted by atomic mass is 16.5. The van der Waals surface area contributed by atoms with Crippen molar-refractivity contribution in [2.24, 2.45) is 5.92 Å². The molecule has 0 amide bonds. The van der Waals surface area contributed by atoms with Gasteiger partial charge >= 0.3 is 0 Å². The summed E-state index contributed by atoms with van der Waals surface area (Å²) in [6, 6.07) is 0.305. The van der Waals surface area contributed by atoms with Crippen molar-refractivity contribution in [1.29, 1.82) is 0 Å². The van der Waals surface area contributed by atoms with E-state index in [1.165, 1.54) is 25.7 Å². The van der Waals surface area contributed by atoms with Crippen molar-refractivity contribution < 1.29 is 4.52 Å². The van der Waals surface area contributed by atoms with Gasteiger partial charge in [-0.2, -0.15) is 4.98 Å². The van der Waals surface area contributed by atoms with Gasteiger partial charge in [0.25, 0.3) is 0 Å². The molecule has 4 nitrogen and oxygen atoms in total. The van der Waals surface area contributed by atoms with Crippen LogP contribution >= 0.6 is 0 Å². The van der Waals surface area contributed by atoms with Crippen LogP contribution in [0, 0.1) is 5.92 Å². The number of rotatable bonds is 3. The molecule has 2 heterocycles. The van der Waals surface area contributed by atoms with Crippen LogP contribution in [0.25, 0.3) is 0 Å². The second-order valence-corrected chi connectivity index (χ2v) is 4.70. The topological polar surface area (TPSA) is 51.0 Å². The monoisotopic (exact) mass is 207 g/mol. The molecule has 0 spiro atoms. The maximum absolute atomic E-state index is 5.31. The first-order valence-electron chi connectivity index (χ1n) is 5.97. The van der Waals surface area contributed by atoms with Gasteiger partial charge in [-0.25, -0.2) is 0 Å². The van der Waals surface area contributed by atoms with E-state index < -0.39 is 0 Å². The first-order chi connectivity index (χ1) is 7.42. The fourth-order valence-electron chi connectivity index (χ4n) is 2.13. The molecule has 1 aromatic heterocycles. The van der Waals surface area contributed by atoms with Crippen LogP contribution in [-0.4, -0.2) is 16.7 Å². The predicted molar refractivity (Wildman–Crippen MR) is 55.3 cm³/mol. The smallest absolute Gasteiger partial charge is 0.243 e. The Labute approximate surface area is 89.4 Å². The highest BCUT2D eigenvalue weighted by molar-refractivity contribution is 4.96. The average Bonchev–Trinajstić information content (AvgIpc) is 2.96. The maximum atomic E-state index is 5.31. The average molecular weight is 207 g/mol. The van der Waals surface area contributed by atoms with Gasteiger partial charge in [-0.15, -0.1) is 0 Å². The van der Waals surface area contributed by atoms with Crippen molar-refractivity contribution in [2.45, 2.75) is 44.6 Å². The Hall–Kier alpha value is -0.900. The van der Waals surface area contributed by atoms with Crippen molar-refractivity contribution in [3.8, 4) is 0 Å². The molecule has 2 aliphatic rings. The third-order valence-corrected chi connectivity index (χ3v) is 3.26. The van der Waals surface area contributed by atoms with Gasteiger partial charge in [0.05, 0.1) is 6.04 Å². The normalized spacial score (nSPS) is 26.8. The van der Waals surface area contributed by atoms with E-state index in [1.807, 2.05) is 0 Å². The van der Waals surface area contributed by atoms with Gasteiger partial charge in [0.1, 0.15) is 0 Å². The van der Waals surface area contributed by atoms with E-state index in [4.69, 9.17) is 4.52 Å². The van der Waals surface area contributed by atoms with Crippen LogP contribution in [0.15, 0.2) is 4.52 Å². The lowest BCUT2D eigenvalue weighted by atomic mass is 10.1. The van der Waals surface area contributed by atoms with Crippen LogP contribution < -0.4 is 5.32 Å². The summed E-state index contributed by atoms with van der Waals surface area (Å²) < 4.78 is 5.31. The van der Waals surface area contributed by atoms with Crippen molar-refractivity contribution in [3.05, 3.63) is 11.7 Å². The maximum Gasteiger partial charge on any atom is 0.243 e. The molecule has 1 aromatic rings. The standard InChI is InChI=1S/C11H17N3O/c1-2-6-12-9(3-1)11-13-10(14-15-11)7-8-4-5-8/h8-9,12H,1-7H2/t9-/m0/s1. The first kappa shape index (κ1) is 9.33. The Morgan fingerprint density at radius 3 is 2.93 bits per heavy atom. The summed E-state index contributed by atoms with van der Waals surface area (Å²) in [6.07, 6.45) is 7.34. The third-order valence-electron chi connectivity index (χ3n) is 3.26. The lowest BCUT2D eigenvalue weighted by Gasteiger charge is -2.19. The second kappa shape index (κ2) is 3.93. The molecule has 0 aromatic carbocycles. The van der Waals surface area contributed by atoms with Crippen molar-refractivity contribution in [2.75, 3.05) is 6.54 Å². The van der Waals surface area contributed by atoms with Gasteiger partial charge < -0.3 is 9.84 Å². The Morgan fingerprint density at radius 1 is 1.27 bits per heavy atom. The molecule has 1 aliphatic carbocycles. The lowest BCUT2D eigenvalue weighted by molar-refractivity contribution is 0.295.